The molecule has 0 spiro atoms. The van der Waals surface area contributed by atoms with Crippen LogP contribution in [0.2, 0.25) is 0 Å². The zero-order chi connectivity index (χ0) is 17.3. The van der Waals surface area contributed by atoms with Gasteiger partial charge in [-0.25, -0.2) is 0 Å². The van der Waals surface area contributed by atoms with E-state index in [1.807, 2.05) is 24.3 Å². The Labute approximate surface area is 150 Å². The number of rotatable bonds is 7. The van der Waals surface area contributed by atoms with Crippen LogP contribution in [0.4, 0.5) is 0 Å². The van der Waals surface area contributed by atoms with Crippen molar-refractivity contribution in [2.75, 3.05) is 39.3 Å². The standard InChI is InChI=1S/C21H25N3O/c22-11-10-19-6-8-21(9-7-19)25-17-16-23-12-14-24(15-13-23)18-20-4-2-1-3-5-20/h1-9H,10,12-18H2. The summed E-state index contributed by atoms with van der Waals surface area (Å²) in [5.41, 5.74) is 2.42. The number of nitriles is 1. The fraction of sp³-hybridized carbons (Fsp3) is 0.381. The zero-order valence-corrected chi connectivity index (χ0v) is 14.6. The van der Waals surface area contributed by atoms with E-state index in [2.05, 4.69) is 46.2 Å². The Morgan fingerprint density at radius 1 is 0.840 bits per heavy atom. The highest BCUT2D eigenvalue weighted by Crippen LogP contribution is 2.13. The third kappa shape index (κ3) is 5.60. The van der Waals surface area contributed by atoms with E-state index in [1.165, 1.54) is 5.56 Å². The number of hydrogen-bond donors (Lipinski definition) is 0. The Kier molecular flexibility index (Phi) is 6.44. The van der Waals surface area contributed by atoms with Gasteiger partial charge in [0.25, 0.3) is 0 Å². The summed E-state index contributed by atoms with van der Waals surface area (Å²) in [5, 5.41) is 8.69. The molecule has 0 bridgehead atoms. The lowest BCUT2D eigenvalue weighted by atomic mass is 10.2. The van der Waals surface area contributed by atoms with Crippen molar-refractivity contribution in [2.24, 2.45) is 0 Å². The molecule has 4 nitrogen and oxygen atoms in total. The molecule has 1 heterocycles. The van der Waals surface area contributed by atoms with Crippen LogP contribution in [0.1, 0.15) is 11.1 Å². The Bertz CT molecular complexity index is 671. The number of hydrogen-bond acceptors (Lipinski definition) is 4. The molecular formula is C21H25N3O. The summed E-state index contributed by atoms with van der Waals surface area (Å²) in [7, 11) is 0. The third-order valence-corrected chi connectivity index (χ3v) is 4.60. The normalized spacial score (nSPS) is 15.6. The average molecular weight is 335 g/mol. The highest BCUT2D eigenvalue weighted by atomic mass is 16.5. The van der Waals surface area contributed by atoms with E-state index in [-0.39, 0.29) is 0 Å². The van der Waals surface area contributed by atoms with Gasteiger partial charge in [-0.3, -0.25) is 9.80 Å². The minimum atomic E-state index is 0.452. The van der Waals surface area contributed by atoms with E-state index < -0.39 is 0 Å². The van der Waals surface area contributed by atoms with E-state index in [0.29, 0.717) is 13.0 Å². The van der Waals surface area contributed by atoms with E-state index in [4.69, 9.17) is 10.00 Å². The van der Waals surface area contributed by atoms with Gasteiger partial charge in [-0.05, 0) is 23.3 Å². The maximum absolute atomic E-state index is 8.69. The number of nitrogens with zero attached hydrogens (tertiary/aromatic N) is 3. The van der Waals surface area contributed by atoms with E-state index in [0.717, 1.165) is 50.6 Å². The first-order chi connectivity index (χ1) is 12.3. The summed E-state index contributed by atoms with van der Waals surface area (Å²) in [6.45, 7) is 7.11. The smallest absolute Gasteiger partial charge is 0.119 e. The summed E-state index contributed by atoms with van der Waals surface area (Å²) in [6, 6.07) is 20.6. The zero-order valence-electron chi connectivity index (χ0n) is 14.6. The highest BCUT2D eigenvalue weighted by molar-refractivity contribution is 5.28. The molecular weight excluding hydrogens is 310 g/mol. The van der Waals surface area contributed by atoms with Crippen LogP contribution in [0, 0.1) is 11.3 Å². The topological polar surface area (TPSA) is 39.5 Å². The van der Waals surface area contributed by atoms with Crippen LogP contribution >= 0.6 is 0 Å². The first kappa shape index (κ1) is 17.5. The van der Waals surface area contributed by atoms with Gasteiger partial charge < -0.3 is 4.74 Å². The lowest BCUT2D eigenvalue weighted by Crippen LogP contribution is -2.47. The maximum Gasteiger partial charge on any atom is 0.119 e. The first-order valence-electron chi connectivity index (χ1n) is 8.91. The molecule has 0 amide bonds. The van der Waals surface area contributed by atoms with Gasteiger partial charge in [0, 0.05) is 39.3 Å². The SMILES string of the molecule is N#CCc1ccc(OCCN2CCN(Cc3ccccc3)CC2)cc1. The highest BCUT2D eigenvalue weighted by Gasteiger charge is 2.16. The van der Waals surface area contributed by atoms with Crippen LogP contribution in [0.15, 0.2) is 54.6 Å². The minimum Gasteiger partial charge on any atom is -0.492 e. The van der Waals surface area contributed by atoms with Crippen LogP contribution in [-0.4, -0.2) is 49.1 Å². The van der Waals surface area contributed by atoms with Crippen molar-refractivity contribution >= 4 is 0 Å². The monoisotopic (exact) mass is 335 g/mol. The number of piperazine rings is 1. The largest absolute Gasteiger partial charge is 0.492 e. The second-order valence-electron chi connectivity index (χ2n) is 6.43. The predicted octanol–water partition coefficient (Wildman–Crippen LogP) is 2.95. The molecule has 0 unspecified atom stereocenters. The van der Waals surface area contributed by atoms with Gasteiger partial charge in [-0.1, -0.05) is 42.5 Å². The molecule has 0 radical (unpaired) electrons. The van der Waals surface area contributed by atoms with Crippen LogP contribution in [-0.2, 0) is 13.0 Å². The molecule has 2 aromatic carbocycles. The third-order valence-electron chi connectivity index (χ3n) is 4.60. The Balaban J connectivity index is 1.34. The van der Waals surface area contributed by atoms with Crippen LogP contribution in [0.5, 0.6) is 5.75 Å². The van der Waals surface area contributed by atoms with Crippen LogP contribution in [0.3, 0.4) is 0 Å². The summed E-state index contributed by atoms with van der Waals surface area (Å²) >= 11 is 0. The molecule has 0 N–H and O–H groups in total. The fourth-order valence-electron chi connectivity index (χ4n) is 3.10. The molecule has 4 heteroatoms. The van der Waals surface area contributed by atoms with Crippen molar-refractivity contribution in [3.63, 3.8) is 0 Å². The van der Waals surface area contributed by atoms with Crippen molar-refractivity contribution in [1.29, 1.82) is 5.26 Å². The molecule has 2 aromatic rings. The second-order valence-corrected chi connectivity index (χ2v) is 6.43. The predicted molar refractivity (Wildman–Crippen MR) is 99.4 cm³/mol. The summed E-state index contributed by atoms with van der Waals surface area (Å²) in [4.78, 5) is 4.98. The summed E-state index contributed by atoms with van der Waals surface area (Å²) in [6.07, 6.45) is 0.452. The quantitative estimate of drug-likeness (QED) is 0.780. The van der Waals surface area contributed by atoms with Crippen molar-refractivity contribution in [2.45, 2.75) is 13.0 Å². The van der Waals surface area contributed by atoms with Crippen LogP contribution < -0.4 is 4.74 Å². The molecule has 0 saturated carbocycles. The average Bonchev–Trinajstić information content (AvgIpc) is 2.66. The van der Waals surface area contributed by atoms with Gasteiger partial charge >= 0.3 is 0 Å². The second kappa shape index (κ2) is 9.22. The Hall–Kier alpha value is -2.35. The molecule has 0 aliphatic carbocycles. The lowest BCUT2D eigenvalue weighted by molar-refractivity contribution is 0.112. The van der Waals surface area contributed by atoms with Gasteiger partial charge in [0.1, 0.15) is 12.4 Å². The van der Waals surface area contributed by atoms with Gasteiger partial charge in [0.15, 0.2) is 0 Å². The van der Waals surface area contributed by atoms with E-state index >= 15 is 0 Å². The summed E-state index contributed by atoms with van der Waals surface area (Å²) < 4.78 is 5.83. The number of ether oxygens (including phenoxy) is 1. The lowest BCUT2D eigenvalue weighted by Gasteiger charge is -2.34. The molecule has 1 saturated heterocycles. The molecule has 3 rings (SSSR count). The Morgan fingerprint density at radius 2 is 1.52 bits per heavy atom. The first-order valence-corrected chi connectivity index (χ1v) is 8.91. The minimum absolute atomic E-state index is 0.452. The van der Waals surface area contributed by atoms with Crippen molar-refractivity contribution < 1.29 is 4.74 Å². The molecule has 1 fully saturated rings. The molecule has 1 aliphatic rings. The van der Waals surface area contributed by atoms with Crippen LogP contribution in [0.25, 0.3) is 0 Å². The van der Waals surface area contributed by atoms with Gasteiger partial charge in [0.2, 0.25) is 0 Å². The molecule has 130 valence electrons. The Morgan fingerprint density at radius 3 is 2.20 bits per heavy atom. The van der Waals surface area contributed by atoms with Gasteiger partial charge in [-0.15, -0.1) is 0 Å². The fourth-order valence-corrected chi connectivity index (χ4v) is 3.10. The molecule has 0 aromatic heterocycles. The van der Waals surface area contributed by atoms with Gasteiger partial charge in [0.05, 0.1) is 12.5 Å². The molecule has 25 heavy (non-hydrogen) atoms. The summed E-state index contributed by atoms with van der Waals surface area (Å²) in [5.74, 6) is 0.879. The van der Waals surface area contributed by atoms with Crippen molar-refractivity contribution in [1.82, 2.24) is 9.80 Å². The molecule has 0 atom stereocenters. The maximum atomic E-state index is 8.69. The van der Waals surface area contributed by atoms with E-state index in [1.54, 1.807) is 0 Å². The van der Waals surface area contributed by atoms with Crippen molar-refractivity contribution in [3.8, 4) is 11.8 Å². The van der Waals surface area contributed by atoms with Gasteiger partial charge in [-0.2, -0.15) is 5.26 Å². The molecule has 1 aliphatic heterocycles. The number of benzene rings is 2. The van der Waals surface area contributed by atoms with Crippen molar-refractivity contribution in [3.05, 3.63) is 65.7 Å². The van der Waals surface area contributed by atoms with E-state index in [9.17, 15) is 0 Å².